The molecule has 0 aliphatic carbocycles. The lowest BCUT2D eigenvalue weighted by Crippen LogP contribution is -2.50. The fourth-order valence-corrected chi connectivity index (χ4v) is 3.86. The van der Waals surface area contributed by atoms with Crippen molar-refractivity contribution in [1.82, 2.24) is 19.8 Å². The van der Waals surface area contributed by atoms with Gasteiger partial charge in [-0.15, -0.1) is 0 Å². The van der Waals surface area contributed by atoms with Gasteiger partial charge in [-0.2, -0.15) is 0 Å². The van der Waals surface area contributed by atoms with Crippen LogP contribution in [0.15, 0.2) is 36.8 Å². The molecule has 1 aliphatic heterocycles. The summed E-state index contributed by atoms with van der Waals surface area (Å²) in [7, 11) is 1.75. The van der Waals surface area contributed by atoms with Crippen molar-refractivity contribution in [2.24, 2.45) is 5.92 Å². The van der Waals surface area contributed by atoms with Crippen LogP contribution in [0.1, 0.15) is 55.1 Å². The van der Waals surface area contributed by atoms with Gasteiger partial charge in [-0.25, -0.2) is 4.98 Å². The largest absolute Gasteiger partial charge is 0.472 e. The van der Waals surface area contributed by atoms with Gasteiger partial charge in [0.25, 0.3) is 5.91 Å². The van der Waals surface area contributed by atoms with E-state index in [9.17, 15) is 14.7 Å². The van der Waals surface area contributed by atoms with Crippen LogP contribution in [0.25, 0.3) is 0 Å². The number of pyridine rings is 2. The zero-order valence-electron chi connectivity index (χ0n) is 20.9. The number of nitrogens with zero attached hydrogens (tertiary/aromatic N) is 4. The lowest BCUT2D eigenvalue weighted by molar-refractivity contribution is -0.130. The summed E-state index contributed by atoms with van der Waals surface area (Å²) in [4.78, 5) is 38.0. The first kappa shape index (κ1) is 26.2. The molecule has 0 saturated carbocycles. The van der Waals surface area contributed by atoms with Crippen LogP contribution < -0.4 is 4.74 Å². The predicted octanol–water partition coefficient (Wildman–Crippen LogP) is 2.55. The highest BCUT2D eigenvalue weighted by atomic mass is 16.5. The highest BCUT2D eigenvalue weighted by Gasteiger charge is 2.34. The molecule has 0 fully saturated rings. The molecule has 35 heavy (non-hydrogen) atoms. The van der Waals surface area contributed by atoms with E-state index in [1.165, 1.54) is 0 Å². The Morgan fingerprint density at radius 1 is 1.37 bits per heavy atom. The van der Waals surface area contributed by atoms with E-state index in [1.54, 1.807) is 41.5 Å². The molecular weight excluding hydrogens is 444 g/mol. The van der Waals surface area contributed by atoms with E-state index in [0.29, 0.717) is 24.2 Å². The third kappa shape index (κ3) is 6.80. The van der Waals surface area contributed by atoms with Crippen molar-refractivity contribution in [1.29, 1.82) is 0 Å². The first-order valence-corrected chi connectivity index (χ1v) is 12.0. The highest BCUT2D eigenvalue weighted by Crippen LogP contribution is 2.27. The number of hydrogen-bond acceptors (Lipinski definition) is 6. The molecule has 3 rings (SSSR count). The van der Waals surface area contributed by atoms with Crippen molar-refractivity contribution in [3.63, 3.8) is 0 Å². The Labute approximate surface area is 207 Å². The molecule has 0 spiro atoms. The third-order valence-electron chi connectivity index (χ3n) is 6.11. The number of unbranched alkanes of at least 4 members (excludes halogenated alkanes) is 1. The fourth-order valence-electron chi connectivity index (χ4n) is 3.86. The molecule has 2 aromatic heterocycles. The number of amides is 2. The summed E-state index contributed by atoms with van der Waals surface area (Å²) in [5.74, 6) is 5.95. The molecule has 2 aromatic rings. The van der Waals surface area contributed by atoms with Gasteiger partial charge in [-0.1, -0.05) is 25.7 Å². The maximum Gasteiger partial charge on any atom is 0.259 e. The molecule has 8 nitrogen and oxygen atoms in total. The number of hydrogen-bond donors (Lipinski definition) is 1. The Kier molecular flexibility index (Phi) is 9.21. The Hall–Kier alpha value is -3.44. The van der Waals surface area contributed by atoms with E-state index in [2.05, 4.69) is 28.7 Å². The smallest absolute Gasteiger partial charge is 0.259 e. The number of carbonyl (C=O) groups is 2. The molecule has 0 radical (unpaired) electrons. The summed E-state index contributed by atoms with van der Waals surface area (Å²) in [6.07, 6.45) is 6.51. The van der Waals surface area contributed by atoms with Crippen molar-refractivity contribution in [3.8, 4) is 17.7 Å². The molecule has 3 atom stereocenters. The first-order chi connectivity index (χ1) is 16.8. The quantitative estimate of drug-likeness (QED) is 0.615. The van der Waals surface area contributed by atoms with E-state index in [-0.39, 0.29) is 42.7 Å². The molecule has 1 aliphatic rings. The number of likely N-dealkylation sites (N-methyl/N-ethyl adjacent to an activating group) is 1. The second kappa shape index (κ2) is 12.3. The van der Waals surface area contributed by atoms with Crippen LogP contribution >= 0.6 is 0 Å². The second-order valence-electron chi connectivity index (χ2n) is 9.06. The molecule has 8 heteroatoms. The second-order valence-corrected chi connectivity index (χ2v) is 9.06. The number of aliphatic hydroxyl groups is 1. The van der Waals surface area contributed by atoms with E-state index >= 15 is 0 Å². The number of ether oxygens (including phenoxy) is 1. The summed E-state index contributed by atoms with van der Waals surface area (Å²) in [5, 5.41) is 9.80. The minimum Gasteiger partial charge on any atom is -0.472 e. The van der Waals surface area contributed by atoms with Crippen LogP contribution in [0.5, 0.6) is 5.88 Å². The Morgan fingerprint density at radius 2 is 2.11 bits per heavy atom. The molecule has 0 saturated heterocycles. The number of aromatic nitrogens is 2. The van der Waals surface area contributed by atoms with E-state index in [0.717, 1.165) is 18.4 Å². The topological polar surface area (TPSA) is 95.9 Å². The van der Waals surface area contributed by atoms with E-state index < -0.39 is 6.10 Å². The predicted molar refractivity (Wildman–Crippen MR) is 133 cm³/mol. The maximum absolute atomic E-state index is 13.4. The zero-order chi connectivity index (χ0) is 25.4. The molecule has 186 valence electrons. The minimum absolute atomic E-state index is 0.0413. The standard InChI is InChI=1S/C27H34N4O4/c1-5-6-7-8-22-13-23-26(29-15-22)35-24(19(2)16-31(27(23)34)20(3)18-32)17-30(4)25(33)14-21-9-11-28-12-10-21/h9-13,15,19-20,24,32H,5-6,14,16-18H2,1-4H3/t19-,20+,24-/m0/s1. The van der Waals surface area contributed by atoms with Gasteiger partial charge in [0.05, 0.1) is 25.6 Å². The van der Waals surface area contributed by atoms with Crippen molar-refractivity contribution >= 4 is 11.8 Å². The third-order valence-corrected chi connectivity index (χ3v) is 6.11. The lowest BCUT2D eigenvalue weighted by atomic mass is 9.99. The van der Waals surface area contributed by atoms with Crippen molar-refractivity contribution in [3.05, 3.63) is 53.5 Å². The molecule has 0 bridgehead atoms. The normalized spacial score (nSPS) is 18.3. The monoisotopic (exact) mass is 478 g/mol. The SMILES string of the molecule is CCCC#Cc1cnc2c(c1)C(=O)N([C@H](C)CO)C[C@H](C)[C@H](CN(C)C(=O)Cc1ccncc1)O2. The maximum atomic E-state index is 13.4. The van der Waals surface area contributed by atoms with Crippen molar-refractivity contribution in [2.75, 3.05) is 26.7 Å². The van der Waals surface area contributed by atoms with Crippen LogP contribution in [0.2, 0.25) is 0 Å². The van der Waals surface area contributed by atoms with Crippen LogP contribution in [0, 0.1) is 17.8 Å². The van der Waals surface area contributed by atoms with Gasteiger partial charge in [-0.3, -0.25) is 14.6 Å². The molecular formula is C27H34N4O4. The minimum atomic E-state index is -0.397. The van der Waals surface area contributed by atoms with Crippen molar-refractivity contribution in [2.45, 2.75) is 52.2 Å². The average molecular weight is 479 g/mol. The molecule has 2 amide bonds. The first-order valence-electron chi connectivity index (χ1n) is 12.0. The summed E-state index contributed by atoms with van der Waals surface area (Å²) in [6, 6.07) is 4.97. The zero-order valence-corrected chi connectivity index (χ0v) is 20.9. The van der Waals surface area contributed by atoms with Crippen molar-refractivity contribution < 1.29 is 19.4 Å². The fraction of sp³-hybridized carbons (Fsp3) is 0.481. The number of carbonyl (C=O) groups excluding carboxylic acids is 2. The Balaban J connectivity index is 1.87. The van der Waals surface area contributed by atoms with E-state index in [4.69, 9.17) is 4.74 Å². The summed E-state index contributed by atoms with van der Waals surface area (Å²) in [5.41, 5.74) is 1.84. The van der Waals surface area contributed by atoms with Gasteiger partial charge in [0, 0.05) is 50.1 Å². The summed E-state index contributed by atoms with van der Waals surface area (Å²) < 4.78 is 6.26. The number of fused-ring (bicyclic) bond motifs is 1. The average Bonchev–Trinajstić information content (AvgIpc) is 2.86. The van der Waals surface area contributed by atoms with Crippen LogP contribution in [-0.2, 0) is 11.2 Å². The number of aliphatic hydroxyl groups excluding tert-OH is 1. The van der Waals surface area contributed by atoms with Crippen LogP contribution in [0.4, 0.5) is 0 Å². The lowest BCUT2D eigenvalue weighted by Gasteiger charge is -2.37. The molecule has 0 unspecified atom stereocenters. The summed E-state index contributed by atoms with van der Waals surface area (Å²) >= 11 is 0. The van der Waals surface area contributed by atoms with Gasteiger partial charge in [-0.05, 0) is 37.1 Å². The van der Waals surface area contributed by atoms with Crippen LogP contribution in [-0.4, -0.2) is 75.6 Å². The van der Waals surface area contributed by atoms with Gasteiger partial charge in [0.15, 0.2) is 0 Å². The Morgan fingerprint density at radius 3 is 2.80 bits per heavy atom. The van der Waals surface area contributed by atoms with E-state index in [1.807, 2.05) is 26.0 Å². The summed E-state index contributed by atoms with van der Waals surface area (Å²) in [6.45, 7) is 6.39. The van der Waals surface area contributed by atoms with Gasteiger partial charge < -0.3 is 19.6 Å². The molecule has 0 aromatic carbocycles. The molecule has 1 N–H and O–H groups in total. The van der Waals surface area contributed by atoms with Gasteiger partial charge in [0.1, 0.15) is 11.7 Å². The Bertz CT molecular complexity index is 1080. The van der Waals surface area contributed by atoms with Crippen LogP contribution in [0.3, 0.4) is 0 Å². The highest BCUT2D eigenvalue weighted by molar-refractivity contribution is 5.97. The molecule has 3 heterocycles. The van der Waals surface area contributed by atoms with Gasteiger partial charge >= 0.3 is 0 Å². The van der Waals surface area contributed by atoms with Gasteiger partial charge in [0.2, 0.25) is 11.8 Å². The number of rotatable bonds is 7.